The van der Waals surface area contributed by atoms with Crippen molar-refractivity contribution in [2.24, 2.45) is 0 Å². The van der Waals surface area contributed by atoms with Crippen LogP contribution in [0.5, 0.6) is 0 Å². The van der Waals surface area contributed by atoms with Crippen molar-refractivity contribution in [1.82, 2.24) is 19.5 Å². The molecule has 7 nitrogen and oxygen atoms in total. The van der Waals surface area contributed by atoms with Crippen molar-refractivity contribution >= 4 is 34.4 Å². The Morgan fingerprint density at radius 3 is 2.28 bits per heavy atom. The molecule has 1 saturated carbocycles. The van der Waals surface area contributed by atoms with Gasteiger partial charge in [-0.15, -0.1) is 0 Å². The Morgan fingerprint density at radius 2 is 1.61 bits per heavy atom. The minimum Gasteiger partial charge on any atom is -0.393 e. The number of hydrogen-bond donors (Lipinski definition) is 3. The van der Waals surface area contributed by atoms with Crippen LogP contribution in [0.3, 0.4) is 0 Å². The molecule has 190 valence electrons. The molecule has 2 aromatic heterocycles. The average molecular weight is 503 g/mol. The van der Waals surface area contributed by atoms with Gasteiger partial charge >= 0.3 is 6.18 Å². The van der Waals surface area contributed by atoms with Crippen LogP contribution >= 0.6 is 0 Å². The van der Waals surface area contributed by atoms with Gasteiger partial charge in [0.15, 0.2) is 5.65 Å². The maximum absolute atomic E-state index is 14.3. The number of alkyl halides is 3. The molecule has 0 spiro atoms. The van der Waals surface area contributed by atoms with Crippen LogP contribution in [0.25, 0.3) is 11.2 Å². The minimum absolute atomic E-state index is 0. The first-order valence-electron chi connectivity index (χ1n) is 11.2. The fourth-order valence-electron chi connectivity index (χ4n) is 4.26. The Hall–Kier alpha value is -3.73. The molecule has 0 bridgehead atoms. The van der Waals surface area contributed by atoms with E-state index in [4.69, 9.17) is 0 Å². The molecule has 0 saturated heterocycles. The van der Waals surface area contributed by atoms with E-state index in [1.54, 1.807) is 18.2 Å². The first-order valence-corrected chi connectivity index (χ1v) is 11.2. The molecular formula is C25H26F4N6O. The number of benzene rings is 2. The van der Waals surface area contributed by atoms with Gasteiger partial charge in [0.25, 0.3) is 0 Å². The van der Waals surface area contributed by atoms with Gasteiger partial charge in [0, 0.05) is 11.7 Å². The normalized spacial score (nSPS) is 18.0. The minimum atomic E-state index is -4.42. The van der Waals surface area contributed by atoms with E-state index in [1.807, 2.05) is 4.57 Å². The lowest BCUT2D eigenvalue weighted by Crippen LogP contribution is -2.22. The number of imidazole rings is 1. The second-order valence-electron chi connectivity index (χ2n) is 8.48. The Morgan fingerprint density at radius 1 is 0.917 bits per heavy atom. The van der Waals surface area contributed by atoms with E-state index in [-0.39, 0.29) is 31.2 Å². The van der Waals surface area contributed by atoms with Crippen LogP contribution in [-0.2, 0) is 6.18 Å². The van der Waals surface area contributed by atoms with Crippen LogP contribution in [0.1, 0.15) is 44.7 Å². The maximum Gasteiger partial charge on any atom is 0.416 e. The fraction of sp³-hybridized carbons (Fsp3) is 0.320. The monoisotopic (exact) mass is 502 g/mol. The smallest absolute Gasteiger partial charge is 0.393 e. The number of aliphatic hydroxyl groups is 1. The Kier molecular flexibility index (Phi) is 7.11. The molecule has 0 radical (unpaired) electrons. The summed E-state index contributed by atoms with van der Waals surface area (Å²) >= 11 is 0. The van der Waals surface area contributed by atoms with Crippen LogP contribution in [-0.4, -0.2) is 30.7 Å². The summed E-state index contributed by atoms with van der Waals surface area (Å²) in [7, 11) is 0. The molecule has 3 N–H and O–H groups in total. The summed E-state index contributed by atoms with van der Waals surface area (Å²) in [6, 6.07) is 10.8. The number of hydrogen-bond acceptors (Lipinski definition) is 6. The first-order chi connectivity index (χ1) is 16.8. The van der Waals surface area contributed by atoms with E-state index in [2.05, 4.69) is 25.6 Å². The van der Waals surface area contributed by atoms with Crippen molar-refractivity contribution < 1.29 is 22.7 Å². The van der Waals surface area contributed by atoms with Crippen molar-refractivity contribution in [2.45, 2.75) is 51.4 Å². The van der Waals surface area contributed by atoms with E-state index in [1.165, 1.54) is 24.4 Å². The number of nitrogens with one attached hydrogen (secondary N) is 2. The quantitative estimate of drug-likeness (QED) is 0.267. The van der Waals surface area contributed by atoms with E-state index in [9.17, 15) is 22.7 Å². The van der Waals surface area contributed by atoms with Gasteiger partial charge < -0.3 is 15.7 Å². The van der Waals surface area contributed by atoms with Crippen molar-refractivity contribution in [3.05, 3.63) is 66.1 Å². The number of halogens is 4. The predicted octanol–water partition coefficient (Wildman–Crippen LogP) is 6.58. The van der Waals surface area contributed by atoms with Gasteiger partial charge in [-0.2, -0.15) is 18.2 Å². The van der Waals surface area contributed by atoms with Crippen molar-refractivity contribution in [3.63, 3.8) is 0 Å². The van der Waals surface area contributed by atoms with Crippen LogP contribution < -0.4 is 10.6 Å². The lowest BCUT2D eigenvalue weighted by atomic mass is 9.93. The second-order valence-corrected chi connectivity index (χ2v) is 8.48. The Bertz CT molecular complexity index is 1330. The van der Waals surface area contributed by atoms with Crippen molar-refractivity contribution in [3.8, 4) is 0 Å². The topological polar surface area (TPSA) is 87.9 Å². The van der Waals surface area contributed by atoms with Gasteiger partial charge in [0.2, 0.25) is 11.9 Å². The van der Waals surface area contributed by atoms with E-state index in [0.717, 1.165) is 12.1 Å². The zero-order valence-electron chi connectivity index (χ0n) is 18.4. The number of aromatic nitrogens is 4. The standard InChI is InChI=1S/C24H22F4N6O.CH4/c25-18-3-1-2-4-19(18)31-23-32-20-13-29-22(30-15-7-5-14(6-8-15)24(26,27)28)33-21(20)34(23)16-9-11-17(35)12-10-16;/h1-8,13,16-17,35H,9-12H2,(H,31,32)(H,29,30,33);1H4. The Labute approximate surface area is 205 Å². The highest BCUT2D eigenvalue weighted by molar-refractivity contribution is 5.77. The summed E-state index contributed by atoms with van der Waals surface area (Å²) in [6.07, 6.45) is -0.675. The molecule has 11 heteroatoms. The van der Waals surface area contributed by atoms with E-state index in [0.29, 0.717) is 48.5 Å². The van der Waals surface area contributed by atoms with E-state index < -0.39 is 17.6 Å². The highest BCUT2D eigenvalue weighted by Gasteiger charge is 2.30. The Balaban J connectivity index is 0.00000304. The van der Waals surface area contributed by atoms with Crippen molar-refractivity contribution in [2.75, 3.05) is 10.6 Å². The van der Waals surface area contributed by atoms with Gasteiger partial charge in [0.05, 0.1) is 23.6 Å². The maximum atomic E-state index is 14.3. The van der Waals surface area contributed by atoms with Crippen LogP contribution in [0.4, 0.5) is 40.8 Å². The molecule has 36 heavy (non-hydrogen) atoms. The molecule has 2 aromatic carbocycles. The molecule has 1 aliphatic carbocycles. The summed E-state index contributed by atoms with van der Waals surface area (Å²) < 4.78 is 54.8. The molecular weight excluding hydrogens is 476 g/mol. The molecule has 0 aliphatic heterocycles. The molecule has 5 rings (SSSR count). The SMILES string of the molecule is C.OC1CCC(n2c(Nc3ccccc3F)nc3cnc(Nc4ccc(C(F)(F)F)cc4)nc32)CC1. The van der Waals surface area contributed by atoms with Gasteiger partial charge in [-0.3, -0.25) is 4.57 Å². The van der Waals surface area contributed by atoms with Gasteiger partial charge in [0.1, 0.15) is 11.3 Å². The van der Waals surface area contributed by atoms with Crippen LogP contribution in [0, 0.1) is 5.82 Å². The third-order valence-corrected chi connectivity index (χ3v) is 6.05. The first kappa shape index (κ1) is 25.4. The summed E-state index contributed by atoms with van der Waals surface area (Å²) in [5, 5.41) is 15.9. The highest BCUT2D eigenvalue weighted by atomic mass is 19.4. The van der Waals surface area contributed by atoms with Gasteiger partial charge in [-0.25, -0.2) is 14.4 Å². The third-order valence-electron chi connectivity index (χ3n) is 6.05. The second kappa shape index (κ2) is 10.1. The van der Waals surface area contributed by atoms with Gasteiger partial charge in [-0.05, 0) is 62.1 Å². The molecule has 0 amide bonds. The number of para-hydroxylation sites is 1. The van der Waals surface area contributed by atoms with Crippen molar-refractivity contribution in [1.29, 1.82) is 0 Å². The summed E-state index contributed by atoms with van der Waals surface area (Å²) in [6.45, 7) is 0. The van der Waals surface area contributed by atoms with Crippen LogP contribution in [0.15, 0.2) is 54.7 Å². The molecule has 4 aromatic rings. The number of fused-ring (bicyclic) bond motifs is 1. The summed E-state index contributed by atoms with van der Waals surface area (Å²) in [4.78, 5) is 13.4. The molecule has 0 atom stereocenters. The zero-order valence-corrected chi connectivity index (χ0v) is 18.4. The number of anilines is 4. The zero-order chi connectivity index (χ0) is 24.6. The third kappa shape index (κ3) is 5.25. The molecule has 1 fully saturated rings. The van der Waals surface area contributed by atoms with Gasteiger partial charge in [-0.1, -0.05) is 19.6 Å². The number of aliphatic hydroxyl groups excluding tert-OH is 1. The molecule has 2 heterocycles. The fourth-order valence-corrected chi connectivity index (χ4v) is 4.26. The molecule has 1 aliphatic rings. The summed E-state index contributed by atoms with van der Waals surface area (Å²) in [5.74, 6) is 0.153. The number of rotatable bonds is 5. The highest BCUT2D eigenvalue weighted by Crippen LogP contribution is 2.35. The lowest BCUT2D eigenvalue weighted by Gasteiger charge is -2.28. The van der Waals surface area contributed by atoms with Crippen LogP contribution in [0.2, 0.25) is 0 Å². The largest absolute Gasteiger partial charge is 0.416 e. The average Bonchev–Trinajstić information content (AvgIpc) is 3.18. The molecule has 0 unspecified atom stereocenters. The van der Waals surface area contributed by atoms with E-state index >= 15 is 0 Å². The summed E-state index contributed by atoms with van der Waals surface area (Å²) in [5.41, 5.74) is 0.883. The number of nitrogens with zero attached hydrogens (tertiary/aromatic N) is 4. The predicted molar refractivity (Wildman–Crippen MR) is 130 cm³/mol. The lowest BCUT2D eigenvalue weighted by molar-refractivity contribution is -0.137.